The fraction of sp³-hybridized carbons (Fsp3) is 0.529. The Morgan fingerprint density at radius 3 is 2.64 bits per heavy atom. The second-order valence-corrected chi connectivity index (χ2v) is 6.35. The molecule has 0 aromatic heterocycles. The summed E-state index contributed by atoms with van der Waals surface area (Å²) in [5.74, 6) is -0.875. The van der Waals surface area contributed by atoms with Gasteiger partial charge in [0.05, 0.1) is 5.41 Å². The van der Waals surface area contributed by atoms with Crippen LogP contribution in [0.4, 0.5) is 4.79 Å². The van der Waals surface area contributed by atoms with Crippen LogP contribution >= 0.6 is 0 Å². The predicted octanol–water partition coefficient (Wildman–Crippen LogP) is 3.15. The lowest BCUT2D eigenvalue weighted by Gasteiger charge is -2.38. The van der Waals surface area contributed by atoms with Crippen molar-refractivity contribution < 1.29 is 19.4 Å². The van der Waals surface area contributed by atoms with E-state index in [9.17, 15) is 14.7 Å². The Bertz CT molecular complexity index is 527. The van der Waals surface area contributed by atoms with E-state index in [1.165, 1.54) is 0 Å². The number of piperidine rings is 1. The zero-order valence-electron chi connectivity index (χ0n) is 13.1. The van der Waals surface area contributed by atoms with Crippen LogP contribution in [0, 0.1) is 11.3 Å². The Morgan fingerprint density at radius 2 is 2.00 bits per heavy atom. The van der Waals surface area contributed by atoms with Crippen molar-refractivity contribution in [3.05, 3.63) is 35.9 Å². The van der Waals surface area contributed by atoms with Gasteiger partial charge in [0.25, 0.3) is 0 Å². The molecule has 0 spiro atoms. The third kappa shape index (κ3) is 3.78. The maximum Gasteiger partial charge on any atom is 0.410 e. The van der Waals surface area contributed by atoms with Gasteiger partial charge in [-0.2, -0.15) is 0 Å². The second-order valence-electron chi connectivity index (χ2n) is 6.35. The molecule has 22 heavy (non-hydrogen) atoms. The number of carbonyl (C=O) groups is 2. The molecule has 1 unspecified atom stereocenters. The third-order valence-corrected chi connectivity index (χ3v) is 4.46. The van der Waals surface area contributed by atoms with E-state index >= 15 is 0 Å². The first-order valence-corrected chi connectivity index (χ1v) is 7.60. The maximum absolute atomic E-state index is 12.2. The minimum Gasteiger partial charge on any atom is -0.481 e. The van der Waals surface area contributed by atoms with E-state index in [1.54, 1.807) is 18.7 Å². The van der Waals surface area contributed by atoms with Gasteiger partial charge in [-0.25, -0.2) is 4.79 Å². The molecule has 1 aromatic carbocycles. The normalized spacial score (nSPS) is 18.8. The third-order valence-electron chi connectivity index (χ3n) is 4.46. The number of aliphatic carboxylic acids is 1. The van der Waals surface area contributed by atoms with E-state index in [1.807, 2.05) is 30.3 Å². The molecule has 0 aliphatic carbocycles. The van der Waals surface area contributed by atoms with Crippen molar-refractivity contribution in [3.63, 3.8) is 0 Å². The Hall–Kier alpha value is -2.04. The van der Waals surface area contributed by atoms with E-state index in [2.05, 4.69) is 0 Å². The van der Waals surface area contributed by atoms with Crippen molar-refractivity contribution in [1.82, 2.24) is 4.90 Å². The van der Waals surface area contributed by atoms with Crippen molar-refractivity contribution in [2.45, 2.75) is 33.3 Å². The summed E-state index contributed by atoms with van der Waals surface area (Å²) in [4.78, 5) is 25.2. The highest BCUT2D eigenvalue weighted by Crippen LogP contribution is 2.34. The number of hydrogen-bond donors (Lipinski definition) is 1. The van der Waals surface area contributed by atoms with Gasteiger partial charge in [-0.15, -0.1) is 0 Å². The fourth-order valence-electron chi connectivity index (χ4n) is 2.72. The molecule has 0 saturated carbocycles. The molecule has 0 bridgehead atoms. The lowest BCUT2D eigenvalue weighted by Crippen LogP contribution is -2.47. The minimum absolute atomic E-state index is 0.0528. The van der Waals surface area contributed by atoms with Gasteiger partial charge in [0, 0.05) is 13.1 Å². The summed E-state index contributed by atoms with van der Waals surface area (Å²) in [6.45, 7) is 4.74. The molecular weight excluding hydrogens is 282 g/mol. The smallest absolute Gasteiger partial charge is 0.410 e. The van der Waals surface area contributed by atoms with Crippen LogP contribution in [-0.4, -0.2) is 35.2 Å². The quantitative estimate of drug-likeness (QED) is 0.928. The highest BCUT2D eigenvalue weighted by atomic mass is 16.6. The first kappa shape index (κ1) is 16.3. The number of carboxylic acid groups (broad SMARTS) is 1. The summed E-state index contributed by atoms with van der Waals surface area (Å²) in [5.41, 5.74) is 0.105. The highest BCUT2D eigenvalue weighted by molar-refractivity contribution is 5.74. The number of rotatable bonds is 4. The molecule has 0 radical (unpaired) electrons. The molecule has 2 rings (SSSR count). The molecule has 1 saturated heterocycles. The Balaban J connectivity index is 1.91. The lowest BCUT2D eigenvalue weighted by molar-refractivity contribution is -0.151. The predicted molar refractivity (Wildman–Crippen MR) is 82.3 cm³/mol. The SMILES string of the molecule is CC(C)(C(=O)O)C1CCCN(C(=O)OCc2ccccc2)C1. The Kier molecular flexibility index (Phi) is 5.06. The molecule has 1 heterocycles. The number of amides is 1. The molecule has 1 aromatic rings. The molecule has 120 valence electrons. The number of carbonyl (C=O) groups excluding carboxylic acids is 1. The van der Waals surface area contributed by atoms with Gasteiger partial charge in [-0.05, 0) is 38.2 Å². The van der Waals surface area contributed by atoms with Gasteiger partial charge in [-0.1, -0.05) is 30.3 Å². The van der Waals surface area contributed by atoms with Crippen LogP contribution in [-0.2, 0) is 16.1 Å². The van der Waals surface area contributed by atoms with Gasteiger partial charge in [-0.3, -0.25) is 4.79 Å². The van der Waals surface area contributed by atoms with Crippen molar-refractivity contribution in [2.24, 2.45) is 11.3 Å². The van der Waals surface area contributed by atoms with Gasteiger partial charge in [0.2, 0.25) is 0 Å². The van der Waals surface area contributed by atoms with E-state index in [4.69, 9.17) is 4.74 Å². The van der Waals surface area contributed by atoms with Crippen LogP contribution in [0.2, 0.25) is 0 Å². The number of ether oxygens (including phenoxy) is 1. The average Bonchev–Trinajstić information content (AvgIpc) is 2.53. The van der Waals surface area contributed by atoms with E-state index < -0.39 is 11.4 Å². The largest absolute Gasteiger partial charge is 0.481 e. The molecule has 1 atom stereocenters. The van der Waals surface area contributed by atoms with Crippen LogP contribution in [0.15, 0.2) is 30.3 Å². The van der Waals surface area contributed by atoms with Crippen LogP contribution in [0.5, 0.6) is 0 Å². The molecule has 1 amide bonds. The lowest BCUT2D eigenvalue weighted by atomic mass is 9.75. The molecule has 1 fully saturated rings. The zero-order chi connectivity index (χ0) is 16.2. The Morgan fingerprint density at radius 1 is 1.32 bits per heavy atom. The van der Waals surface area contributed by atoms with Crippen molar-refractivity contribution in [3.8, 4) is 0 Å². The molecule has 5 heteroatoms. The standard InChI is InChI=1S/C17H23NO4/c1-17(2,15(19)20)14-9-6-10-18(11-14)16(21)22-12-13-7-4-3-5-8-13/h3-5,7-8,14H,6,9-12H2,1-2H3,(H,19,20). The summed E-state index contributed by atoms with van der Waals surface area (Å²) in [5, 5.41) is 9.34. The summed E-state index contributed by atoms with van der Waals surface area (Å²) in [6, 6.07) is 9.51. The second kappa shape index (κ2) is 6.81. The summed E-state index contributed by atoms with van der Waals surface area (Å²) in [7, 11) is 0. The highest BCUT2D eigenvalue weighted by Gasteiger charge is 2.40. The van der Waals surface area contributed by atoms with Gasteiger partial charge >= 0.3 is 12.1 Å². The van der Waals surface area contributed by atoms with Crippen molar-refractivity contribution in [2.75, 3.05) is 13.1 Å². The molecule has 1 aliphatic rings. The van der Waals surface area contributed by atoms with Crippen LogP contribution in [0.3, 0.4) is 0 Å². The number of carboxylic acids is 1. The van der Waals surface area contributed by atoms with Gasteiger partial charge < -0.3 is 14.7 Å². The maximum atomic E-state index is 12.2. The van der Waals surface area contributed by atoms with E-state index in [0.717, 1.165) is 18.4 Å². The molecule has 1 N–H and O–H groups in total. The van der Waals surface area contributed by atoms with Gasteiger partial charge in [0.1, 0.15) is 6.61 Å². The van der Waals surface area contributed by atoms with Crippen LogP contribution < -0.4 is 0 Å². The molecular formula is C17H23NO4. The minimum atomic E-state index is -0.835. The fourth-order valence-corrected chi connectivity index (χ4v) is 2.72. The summed E-state index contributed by atoms with van der Waals surface area (Å²) < 4.78 is 5.33. The molecule has 5 nitrogen and oxygen atoms in total. The van der Waals surface area contributed by atoms with Crippen molar-refractivity contribution >= 4 is 12.1 Å². The van der Waals surface area contributed by atoms with E-state index in [0.29, 0.717) is 13.1 Å². The first-order chi connectivity index (χ1) is 10.4. The summed E-state index contributed by atoms with van der Waals surface area (Å²) in [6.07, 6.45) is 1.26. The number of likely N-dealkylation sites (tertiary alicyclic amines) is 1. The average molecular weight is 305 g/mol. The number of nitrogens with zero attached hydrogens (tertiary/aromatic N) is 1. The Labute approximate surface area is 130 Å². The first-order valence-electron chi connectivity index (χ1n) is 7.60. The van der Waals surface area contributed by atoms with Crippen LogP contribution in [0.1, 0.15) is 32.3 Å². The topological polar surface area (TPSA) is 66.8 Å². The van der Waals surface area contributed by atoms with Crippen molar-refractivity contribution in [1.29, 1.82) is 0 Å². The van der Waals surface area contributed by atoms with Gasteiger partial charge in [0.15, 0.2) is 0 Å². The summed E-state index contributed by atoms with van der Waals surface area (Å²) >= 11 is 0. The van der Waals surface area contributed by atoms with Crippen LogP contribution in [0.25, 0.3) is 0 Å². The monoisotopic (exact) mass is 305 g/mol. The van der Waals surface area contributed by atoms with E-state index in [-0.39, 0.29) is 18.6 Å². The number of benzene rings is 1. The number of hydrogen-bond acceptors (Lipinski definition) is 3. The molecule has 1 aliphatic heterocycles. The zero-order valence-corrected chi connectivity index (χ0v) is 13.1.